The molecule has 2 N–H and O–H groups in total. The van der Waals surface area contributed by atoms with Crippen molar-refractivity contribution in [2.45, 2.75) is 19.8 Å². The Labute approximate surface area is 133 Å². The van der Waals surface area contributed by atoms with E-state index >= 15 is 0 Å². The summed E-state index contributed by atoms with van der Waals surface area (Å²) >= 11 is 3.39. The lowest BCUT2D eigenvalue weighted by atomic mass is 10.1. The van der Waals surface area contributed by atoms with Gasteiger partial charge >= 0.3 is 0 Å². The Morgan fingerprint density at radius 3 is 2.62 bits per heavy atom. The fourth-order valence-corrected chi connectivity index (χ4v) is 2.28. The van der Waals surface area contributed by atoms with Crippen LogP contribution in [0.4, 0.5) is 11.5 Å². The number of aromatic nitrogens is 1. The standard InChI is InChI=1S/C16H18BrN3O/c1-10(2)14-7-11(8-15(18-3)20-14)16(21)19-13-6-4-5-12(17)9-13/h4-10H,1-3H3,(H,18,20)(H,19,21). The molecule has 0 spiro atoms. The van der Waals surface area contributed by atoms with E-state index in [1.165, 1.54) is 0 Å². The van der Waals surface area contributed by atoms with Crippen molar-refractivity contribution in [3.8, 4) is 0 Å². The summed E-state index contributed by atoms with van der Waals surface area (Å²) in [7, 11) is 1.79. The zero-order valence-corrected chi connectivity index (χ0v) is 13.9. The largest absolute Gasteiger partial charge is 0.373 e. The van der Waals surface area contributed by atoms with E-state index in [1.807, 2.05) is 30.3 Å². The van der Waals surface area contributed by atoms with Crippen molar-refractivity contribution in [3.63, 3.8) is 0 Å². The van der Waals surface area contributed by atoms with E-state index in [0.29, 0.717) is 11.4 Å². The molecule has 4 nitrogen and oxygen atoms in total. The first kappa shape index (κ1) is 15.5. The lowest BCUT2D eigenvalue weighted by molar-refractivity contribution is 0.102. The van der Waals surface area contributed by atoms with Gasteiger partial charge in [0.15, 0.2) is 0 Å². The number of rotatable bonds is 4. The van der Waals surface area contributed by atoms with Gasteiger partial charge in [0.25, 0.3) is 5.91 Å². The zero-order chi connectivity index (χ0) is 15.4. The number of carbonyl (C=O) groups is 1. The molecule has 1 aromatic carbocycles. The maximum absolute atomic E-state index is 12.4. The van der Waals surface area contributed by atoms with E-state index in [0.717, 1.165) is 15.9 Å². The van der Waals surface area contributed by atoms with Crippen molar-refractivity contribution >= 4 is 33.3 Å². The maximum atomic E-state index is 12.4. The molecule has 0 aliphatic carbocycles. The van der Waals surface area contributed by atoms with Crippen molar-refractivity contribution in [1.29, 1.82) is 0 Å². The van der Waals surface area contributed by atoms with Crippen molar-refractivity contribution in [1.82, 2.24) is 4.98 Å². The van der Waals surface area contributed by atoms with E-state index < -0.39 is 0 Å². The summed E-state index contributed by atoms with van der Waals surface area (Å²) in [6.45, 7) is 4.11. The van der Waals surface area contributed by atoms with Gasteiger partial charge in [-0.25, -0.2) is 4.98 Å². The van der Waals surface area contributed by atoms with E-state index in [4.69, 9.17) is 0 Å². The Hall–Kier alpha value is -1.88. The Balaban J connectivity index is 2.28. The van der Waals surface area contributed by atoms with Crippen LogP contribution in [0.5, 0.6) is 0 Å². The van der Waals surface area contributed by atoms with Gasteiger partial charge in [0.2, 0.25) is 0 Å². The molecule has 2 rings (SSSR count). The molecule has 5 heteroatoms. The van der Waals surface area contributed by atoms with Crippen molar-refractivity contribution in [3.05, 3.63) is 52.1 Å². The van der Waals surface area contributed by atoms with Gasteiger partial charge in [0.05, 0.1) is 0 Å². The average Bonchev–Trinajstić information content (AvgIpc) is 2.46. The first-order valence-electron chi connectivity index (χ1n) is 6.76. The van der Waals surface area contributed by atoms with Crippen LogP contribution in [0.25, 0.3) is 0 Å². The van der Waals surface area contributed by atoms with Crippen LogP contribution in [0.2, 0.25) is 0 Å². The Kier molecular flexibility index (Phi) is 4.96. The number of hydrogen-bond acceptors (Lipinski definition) is 3. The van der Waals surface area contributed by atoms with Gasteiger partial charge in [-0.2, -0.15) is 0 Å². The monoisotopic (exact) mass is 347 g/mol. The van der Waals surface area contributed by atoms with Crippen LogP contribution in [-0.2, 0) is 0 Å². The number of nitrogens with zero attached hydrogens (tertiary/aromatic N) is 1. The van der Waals surface area contributed by atoms with Crippen molar-refractivity contribution in [2.24, 2.45) is 0 Å². The predicted molar refractivity (Wildman–Crippen MR) is 90.0 cm³/mol. The summed E-state index contributed by atoms with van der Waals surface area (Å²) in [6, 6.07) is 11.1. The second-order valence-corrected chi connectivity index (χ2v) is 5.95. The molecule has 0 saturated carbocycles. The number of anilines is 2. The molecule has 0 aliphatic rings. The number of benzene rings is 1. The van der Waals surface area contributed by atoms with Crippen LogP contribution in [0, 0.1) is 0 Å². The molecule has 0 bridgehead atoms. The minimum absolute atomic E-state index is 0.145. The highest BCUT2D eigenvalue weighted by Crippen LogP contribution is 2.20. The highest BCUT2D eigenvalue weighted by Gasteiger charge is 2.12. The van der Waals surface area contributed by atoms with Gasteiger partial charge in [-0.1, -0.05) is 35.8 Å². The molecule has 2 aromatic rings. The molecule has 0 saturated heterocycles. The summed E-state index contributed by atoms with van der Waals surface area (Å²) in [6.07, 6.45) is 0. The predicted octanol–water partition coefficient (Wildman–Crippen LogP) is 4.26. The normalized spacial score (nSPS) is 10.5. The molecule has 0 atom stereocenters. The third-order valence-electron chi connectivity index (χ3n) is 3.04. The zero-order valence-electron chi connectivity index (χ0n) is 12.3. The van der Waals surface area contributed by atoms with Crippen molar-refractivity contribution < 1.29 is 4.79 Å². The number of pyridine rings is 1. The van der Waals surface area contributed by atoms with Gasteiger partial charge in [-0.3, -0.25) is 4.79 Å². The van der Waals surface area contributed by atoms with E-state index in [1.54, 1.807) is 13.1 Å². The van der Waals surface area contributed by atoms with Gasteiger partial charge in [0.1, 0.15) is 5.82 Å². The molecular formula is C16H18BrN3O. The smallest absolute Gasteiger partial charge is 0.255 e. The molecular weight excluding hydrogens is 330 g/mol. The average molecular weight is 348 g/mol. The fourth-order valence-electron chi connectivity index (χ4n) is 1.88. The SMILES string of the molecule is CNc1cc(C(=O)Nc2cccc(Br)c2)cc(C(C)C)n1. The van der Waals surface area contributed by atoms with Gasteiger partial charge in [-0.05, 0) is 36.2 Å². The van der Waals surface area contributed by atoms with Gasteiger partial charge in [-0.15, -0.1) is 0 Å². The highest BCUT2D eigenvalue weighted by molar-refractivity contribution is 9.10. The van der Waals surface area contributed by atoms with E-state index in [-0.39, 0.29) is 11.8 Å². The van der Waals surface area contributed by atoms with Gasteiger partial charge < -0.3 is 10.6 Å². The molecule has 1 heterocycles. The molecule has 0 unspecified atom stereocenters. The number of halogens is 1. The first-order chi connectivity index (χ1) is 9.99. The molecule has 1 amide bonds. The fraction of sp³-hybridized carbons (Fsp3) is 0.250. The molecule has 0 radical (unpaired) electrons. The summed E-state index contributed by atoms with van der Waals surface area (Å²) in [5.41, 5.74) is 2.24. The highest BCUT2D eigenvalue weighted by atomic mass is 79.9. The second kappa shape index (κ2) is 6.72. The Morgan fingerprint density at radius 2 is 2.00 bits per heavy atom. The van der Waals surface area contributed by atoms with Crippen LogP contribution in [0.1, 0.15) is 35.8 Å². The van der Waals surface area contributed by atoms with Crippen LogP contribution < -0.4 is 10.6 Å². The van der Waals surface area contributed by atoms with Crippen LogP contribution in [0.3, 0.4) is 0 Å². The van der Waals surface area contributed by atoms with Crippen LogP contribution >= 0.6 is 15.9 Å². The third-order valence-corrected chi connectivity index (χ3v) is 3.53. The molecule has 0 aliphatic heterocycles. The summed E-state index contributed by atoms with van der Waals surface area (Å²) in [5.74, 6) is 0.810. The van der Waals surface area contributed by atoms with E-state index in [9.17, 15) is 4.79 Å². The lowest BCUT2D eigenvalue weighted by Gasteiger charge is -2.11. The maximum Gasteiger partial charge on any atom is 0.255 e. The number of amides is 1. The topological polar surface area (TPSA) is 54.0 Å². The number of carbonyl (C=O) groups excluding carboxylic acids is 1. The Bertz CT molecular complexity index is 656. The van der Waals surface area contributed by atoms with Crippen molar-refractivity contribution in [2.75, 3.05) is 17.7 Å². The minimum Gasteiger partial charge on any atom is -0.373 e. The second-order valence-electron chi connectivity index (χ2n) is 5.04. The first-order valence-corrected chi connectivity index (χ1v) is 7.55. The number of hydrogen-bond donors (Lipinski definition) is 2. The number of nitrogens with one attached hydrogen (secondary N) is 2. The Morgan fingerprint density at radius 1 is 1.24 bits per heavy atom. The molecule has 1 aromatic heterocycles. The molecule has 110 valence electrons. The summed E-state index contributed by atoms with van der Waals surface area (Å²) < 4.78 is 0.925. The van der Waals surface area contributed by atoms with Crippen LogP contribution in [0.15, 0.2) is 40.9 Å². The third kappa shape index (κ3) is 4.04. The van der Waals surface area contributed by atoms with Gasteiger partial charge in [0, 0.05) is 28.5 Å². The molecule has 21 heavy (non-hydrogen) atoms. The summed E-state index contributed by atoms with van der Waals surface area (Å²) in [4.78, 5) is 16.8. The summed E-state index contributed by atoms with van der Waals surface area (Å²) in [5, 5.41) is 5.88. The van der Waals surface area contributed by atoms with E-state index in [2.05, 4.69) is 45.4 Å². The lowest BCUT2D eigenvalue weighted by Crippen LogP contribution is -2.13. The quantitative estimate of drug-likeness (QED) is 0.868. The van der Waals surface area contributed by atoms with Crippen LogP contribution in [-0.4, -0.2) is 17.9 Å². The minimum atomic E-state index is -0.145. The molecule has 0 fully saturated rings.